The van der Waals surface area contributed by atoms with Crippen molar-refractivity contribution in [3.05, 3.63) is 44.9 Å². The first kappa shape index (κ1) is 14.4. The normalized spacial score (nSPS) is 11.4. The van der Waals surface area contributed by atoms with E-state index in [1.54, 1.807) is 11.6 Å². The zero-order valence-electron chi connectivity index (χ0n) is 10.0. The van der Waals surface area contributed by atoms with Gasteiger partial charge in [0.1, 0.15) is 9.90 Å². The second-order valence-electron chi connectivity index (χ2n) is 3.73. The molecule has 0 aliphatic rings. The van der Waals surface area contributed by atoms with Gasteiger partial charge < -0.3 is 5.73 Å². The number of hydrogen-bond acceptors (Lipinski definition) is 7. The Labute approximate surface area is 118 Å². The van der Waals surface area contributed by atoms with Crippen LogP contribution in [-0.4, -0.2) is 18.3 Å². The molecular formula is C10H10N4O4S2. The van der Waals surface area contributed by atoms with Gasteiger partial charge in [-0.1, -0.05) is 0 Å². The van der Waals surface area contributed by atoms with Crippen molar-refractivity contribution in [2.24, 2.45) is 0 Å². The van der Waals surface area contributed by atoms with E-state index in [1.165, 1.54) is 17.4 Å². The molecule has 2 aromatic rings. The molecule has 0 aliphatic heterocycles. The van der Waals surface area contributed by atoms with Gasteiger partial charge in [-0.2, -0.15) is 0 Å². The minimum absolute atomic E-state index is 0.00211. The maximum Gasteiger partial charge on any atom is 0.270 e. The maximum absolute atomic E-state index is 12.1. The topological polar surface area (TPSA) is 128 Å². The number of anilines is 1. The highest BCUT2D eigenvalue weighted by Crippen LogP contribution is 2.24. The molecule has 1 aromatic heterocycles. The van der Waals surface area contributed by atoms with Crippen LogP contribution in [0.5, 0.6) is 0 Å². The van der Waals surface area contributed by atoms with Crippen molar-refractivity contribution in [1.29, 1.82) is 0 Å². The first-order valence-corrected chi connectivity index (χ1v) is 7.68. The molecule has 0 bridgehead atoms. The van der Waals surface area contributed by atoms with Gasteiger partial charge in [0.25, 0.3) is 5.69 Å². The van der Waals surface area contributed by atoms with E-state index < -0.39 is 14.9 Å². The van der Waals surface area contributed by atoms with E-state index >= 15 is 0 Å². The maximum atomic E-state index is 12.1. The van der Waals surface area contributed by atoms with Gasteiger partial charge in [-0.05, 0) is 6.07 Å². The van der Waals surface area contributed by atoms with Crippen molar-refractivity contribution in [2.45, 2.75) is 11.4 Å². The van der Waals surface area contributed by atoms with Crippen LogP contribution in [0.2, 0.25) is 0 Å². The van der Waals surface area contributed by atoms with Crippen LogP contribution in [0.3, 0.4) is 0 Å². The number of nitrogens with one attached hydrogen (secondary N) is 1. The van der Waals surface area contributed by atoms with Gasteiger partial charge in [-0.3, -0.25) is 10.1 Å². The number of non-ortho nitro benzene ring substituents is 1. The summed E-state index contributed by atoms with van der Waals surface area (Å²) in [5.74, 6) is 0. The summed E-state index contributed by atoms with van der Waals surface area (Å²) in [6, 6.07) is 3.27. The molecule has 106 valence electrons. The molecule has 0 atom stereocenters. The number of hydrogen-bond donors (Lipinski definition) is 2. The molecule has 0 unspecified atom stereocenters. The van der Waals surface area contributed by atoms with E-state index in [4.69, 9.17) is 5.73 Å². The zero-order valence-corrected chi connectivity index (χ0v) is 11.6. The van der Waals surface area contributed by atoms with Crippen LogP contribution in [0.15, 0.2) is 34.7 Å². The molecular weight excluding hydrogens is 304 g/mol. The van der Waals surface area contributed by atoms with E-state index in [9.17, 15) is 18.5 Å². The summed E-state index contributed by atoms with van der Waals surface area (Å²) in [5, 5.41) is 13.0. The lowest BCUT2D eigenvalue weighted by Crippen LogP contribution is -2.24. The second-order valence-corrected chi connectivity index (χ2v) is 6.44. The van der Waals surface area contributed by atoms with Crippen LogP contribution in [0.1, 0.15) is 5.01 Å². The highest BCUT2D eigenvalue weighted by Gasteiger charge is 2.21. The highest BCUT2D eigenvalue weighted by molar-refractivity contribution is 7.89. The Morgan fingerprint density at radius 2 is 2.20 bits per heavy atom. The number of nitro groups is 1. The Hall–Kier alpha value is -2.04. The monoisotopic (exact) mass is 314 g/mol. The van der Waals surface area contributed by atoms with Gasteiger partial charge in [0, 0.05) is 23.7 Å². The van der Waals surface area contributed by atoms with Crippen LogP contribution in [0.4, 0.5) is 11.4 Å². The van der Waals surface area contributed by atoms with Crippen molar-refractivity contribution in [3.63, 3.8) is 0 Å². The first-order valence-electron chi connectivity index (χ1n) is 5.32. The molecule has 0 saturated carbocycles. The number of aromatic nitrogens is 1. The molecule has 8 nitrogen and oxygen atoms in total. The van der Waals surface area contributed by atoms with Crippen LogP contribution >= 0.6 is 11.3 Å². The Balaban J connectivity index is 2.28. The van der Waals surface area contributed by atoms with Crippen LogP contribution in [0.25, 0.3) is 0 Å². The van der Waals surface area contributed by atoms with Crippen molar-refractivity contribution in [1.82, 2.24) is 9.71 Å². The van der Waals surface area contributed by atoms with E-state index in [-0.39, 0.29) is 22.8 Å². The summed E-state index contributed by atoms with van der Waals surface area (Å²) in [4.78, 5) is 13.6. The molecule has 0 amide bonds. The number of nitrogens with zero attached hydrogens (tertiary/aromatic N) is 2. The molecule has 0 fully saturated rings. The molecule has 1 heterocycles. The smallest absolute Gasteiger partial charge is 0.270 e. The molecule has 0 aliphatic carbocycles. The van der Waals surface area contributed by atoms with Gasteiger partial charge in [-0.25, -0.2) is 18.1 Å². The third kappa shape index (κ3) is 3.10. The van der Waals surface area contributed by atoms with Gasteiger partial charge >= 0.3 is 0 Å². The first-order chi connectivity index (χ1) is 9.40. The predicted molar refractivity (Wildman–Crippen MR) is 73.6 cm³/mol. The number of sulfonamides is 1. The Morgan fingerprint density at radius 1 is 1.45 bits per heavy atom. The number of thiazole rings is 1. The van der Waals surface area contributed by atoms with Gasteiger partial charge in [0.15, 0.2) is 0 Å². The fourth-order valence-corrected chi connectivity index (χ4v) is 3.23. The van der Waals surface area contributed by atoms with Crippen molar-refractivity contribution < 1.29 is 13.3 Å². The third-order valence-corrected chi connectivity index (χ3v) is 4.63. The van der Waals surface area contributed by atoms with Gasteiger partial charge in [0.2, 0.25) is 10.0 Å². The molecule has 0 saturated heterocycles. The van der Waals surface area contributed by atoms with Crippen molar-refractivity contribution >= 4 is 32.7 Å². The number of nitro benzene ring substituents is 1. The minimum atomic E-state index is -3.94. The lowest BCUT2D eigenvalue weighted by Gasteiger charge is -2.07. The summed E-state index contributed by atoms with van der Waals surface area (Å²) < 4.78 is 26.5. The summed E-state index contributed by atoms with van der Waals surface area (Å²) in [6.45, 7) is 0.00211. The minimum Gasteiger partial charge on any atom is -0.398 e. The Morgan fingerprint density at radius 3 is 2.80 bits per heavy atom. The van der Waals surface area contributed by atoms with E-state index in [0.717, 1.165) is 12.1 Å². The molecule has 10 heteroatoms. The number of nitrogens with two attached hydrogens (primary N) is 1. The van der Waals surface area contributed by atoms with E-state index in [1.807, 2.05) is 0 Å². The average molecular weight is 314 g/mol. The highest BCUT2D eigenvalue weighted by atomic mass is 32.2. The Bertz CT molecular complexity index is 728. The molecule has 0 radical (unpaired) electrons. The van der Waals surface area contributed by atoms with Gasteiger partial charge in [0.05, 0.1) is 17.2 Å². The molecule has 1 aromatic carbocycles. The van der Waals surface area contributed by atoms with E-state index in [0.29, 0.717) is 5.01 Å². The Kier molecular flexibility index (Phi) is 3.97. The van der Waals surface area contributed by atoms with Crippen molar-refractivity contribution in [3.8, 4) is 0 Å². The average Bonchev–Trinajstić information content (AvgIpc) is 2.89. The SMILES string of the molecule is Nc1ccc([N+](=O)[O-])cc1S(=O)(=O)NCc1nccs1. The molecule has 2 rings (SSSR count). The fraction of sp³-hybridized carbons (Fsp3) is 0.100. The van der Waals surface area contributed by atoms with Crippen molar-refractivity contribution in [2.75, 3.05) is 5.73 Å². The summed E-state index contributed by atoms with van der Waals surface area (Å²) in [7, 11) is -3.94. The molecule has 3 N–H and O–H groups in total. The lowest BCUT2D eigenvalue weighted by molar-refractivity contribution is -0.385. The summed E-state index contributed by atoms with van der Waals surface area (Å²) in [5.41, 5.74) is 5.18. The summed E-state index contributed by atoms with van der Waals surface area (Å²) >= 11 is 1.29. The fourth-order valence-electron chi connectivity index (χ4n) is 1.44. The van der Waals surface area contributed by atoms with Gasteiger partial charge in [-0.15, -0.1) is 11.3 Å². The summed E-state index contributed by atoms with van der Waals surface area (Å²) in [6.07, 6.45) is 1.55. The number of rotatable bonds is 5. The third-order valence-electron chi connectivity index (χ3n) is 2.39. The zero-order chi connectivity index (χ0) is 14.8. The van der Waals surface area contributed by atoms with Crippen LogP contribution < -0.4 is 10.5 Å². The number of nitrogen functional groups attached to an aromatic ring is 1. The predicted octanol–water partition coefficient (Wildman–Crippen LogP) is 1.11. The van der Waals surface area contributed by atoms with Crippen LogP contribution in [-0.2, 0) is 16.6 Å². The second kappa shape index (κ2) is 5.53. The number of benzene rings is 1. The van der Waals surface area contributed by atoms with Crippen LogP contribution in [0, 0.1) is 10.1 Å². The quantitative estimate of drug-likeness (QED) is 0.483. The lowest BCUT2D eigenvalue weighted by atomic mass is 10.3. The molecule has 20 heavy (non-hydrogen) atoms. The van der Waals surface area contributed by atoms with E-state index in [2.05, 4.69) is 9.71 Å². The largest absolute Gasteiger partial charge is 0.398 e. The molecule has 0 spiro atoms. The standard InChI is InChI=1S/C10H10N4O4S2/c11-8-2-1-7(14(15)16)5-9(8)20(17,18)13-6-10-12-3-4-19-10/h1-5,13H,6,11H2.